The van der Waals surface area contributed by atoms with Crippen molar-refractivity contribution in [3.05, 3.63) is 72.2 Å². The van der Waals surface area contributed by atoms with Crippen LogP contribution in [0.2, 0.25) is 0 Å². The van der Waals surface area contributed by atoms with Gasteiger partial charge in [-0.25, -0.2) is 9.37 Å². The fourth-order valence-electron chi connectivity index (χ4n) is 3.25. The number of benzene rings is 1. The Kier molecular flexibility index (Phi) is 6.14. The zero-order chi connectivity index (χ0) is 20.1. The van der Waals surface area contributed by atoms with E-state index in [1.165, 1.54) is 23.9 Å². The first-order valence-corrected chi connectivity index (χ1v) is 10.5. The molecule has 0 saturated carbocycles. The Hall–Kier alpha value is -2.80. The Balaban J connectivity index is 1.42. The van der Waals surface area contributed by atoms with E-state index < -0.39 is 0 Å². The highest BCUT2D eigenvalue weighted by molar-refractivity contribution is 7.99. The molecule has 4 rings (SSSR count). The summed E-state index contributed by atoms with van der Waals surface area (Å²) in [5.41, 5.74) is 1.79. The van der Waals surface area contributed by atoms with Gasteiger partial charge in [-0.3, -0.25) is 4.79 Å². The van der Waals surface area contributed by atoms with Gasteiger partial charge in [0.05, 0.1) is 24.8 Å². The van der Waals surface area contributed by atoms with Gasteiger partial charge in [-0.1, -0.05) is 17.8 Å². The van der Waals surface area contributed by atoms with Crippen molar-refractivity contribution >= 4 is 17.7 Å². The van der Waals surface area contributed by atoms with E-state index >= 15 is 0 Å². The summed E-state index contributed by atoms with van der Waals surface area (Å²) in [6, 6.07) is 9.72. The Morgan fingerprint density at radius 2 is 2.07 bits per heavy atom. The maximum Gasteiger partial charge on any atom is 0.256 e. The van der Waals surface area contributed by atoms with Gasteiger partial charge in [0.15, 0.2) is 5.76 Å². The van der Waals surface area contributed by atoms with Gasteiger partial charge in [-0.15, -0.1) is 0 Å². The lowest BCUT2D eigenvalue weighted by molar-refractivity contribution is -0.127. The molecule has 1 aromatic carbocycles. The molecule has 0 atom stereocenters. The number of halogens is 1. The zero-order valence-corrected chi connectivity index (χ0v) is 16.7. The minimum absolute atomic E-state index is 0.0129. The lowest BCUT2D eigenvalue weighted by Crippen LogP contribution is -2.32. The van der Waals surface area contributed by atoms with Crippen molar-refractivity contribution in [3.8, 4) is 11.3 Å². The molecule has 0 aliphatic heterocycles. The van der Waals surface area contributed by atoms with Crippen molar-refractivity contribution in [2.75, 3.05) is 5.75 Å². The van der Waals surface area contributed by atoms with Crippen LogP contribution in [-0.2, 0) is 11.3 Å². The molecule has 0 saturated heterocycles. The smallest absolute Gasteiger partial charge is 0.256 e. The third kappa shape index (κ3) is 4.98. The lowest BCUT2D eigenvalue weighted by atomic mass is 10.0. The molecule has 0 bridgehead atoms. The number of aromatic nitrogens is 1. The predicted octanol–water partition coefficient (Wildman–Crippen LogP) is 5.65. The number of rotatable bonds is 7. The number of carbonyl (C=O) groups excluding carboxylic acids is 1. The second-order valence-electron chi connectivity index (χ2n) is 6.79. The van der Waals surface area contributed by atoms with Gasteiger partial charge in [-0.05, 0) is 62.1 Å². The van der Waals surface area contributed by atoms with Gasteiger partial charge >= 0.3 is 0 Å². The molecule has 0 spiro atoms. The van der Waals surface area contributed by atoms with Crippen molar-refractivity contribution in [1.82, 2.24) is 9.88 Å². The zero-order valence-electron chi connectivity index (χ0n) is 15.8. The van der Waals surface area contributed by atoms with Crippen molar-refractivity contribution in [2.45, 2.75) is 37.5 Å². The first kappa shape index (κ1) is 19.5. The van der Waals surface area contributed by atoms with Crippen LogP contribution in [0.15, 0.2) is 74.7 Å². The lowest BCUT2D eigenvalue weighted by Gasteiger charge is -2.26. The highest BCUT2D eigenvalue weighted by Gasteiger charge is 2.22. The summed E-state index contributed by atoms with van der Waals surface area (Å²) in [7, 11) is 0. The van der Waals surface area contributed by atoms with Gasteiger partial charge in [0.2, 0.25) is 5.91 Å². The number of amides is 1. The molecule has 0 unspecified atom stereocenters. The van der Waals surface area contributed by atoms with E-state index in [9.17, 15) is 9.18 Å². The second kappa shape index (κ2) is 9.13. The van der Waals surface area contributed by atoms with Crippen LogP contribution < -0.4 is 0 Å². The molecule has 29 heavy (non-hydrogen) atoms. The first-order chi connectivity index (χ1) is 14.2. The van der Waals surface area contributed by atoms with E-state index in [-0.39, 0.29) is 17.5 Å². The van der Waals surface area contributed by atoms with Crippen molar-refractivity contribution < 1.29 is 18.0 Å². The fourth-order valence-corrected chi connectivity index (χ4v) is 3.93. The minimum Gasteiger partial charge on any atom is -0.467 e. The third-order valence-electron chi connectivity index (χ3n) is 4.74. The number of nitrogens with zero attached hydrogens (tertiary/aromatic N) is 2. The van der Waals surface area contributed by atoms with Crippen molar-refractivity contribution in [3.63, 3.8) is 0 Å². The van der Waals surface area contributed by atoms with Crippen LogP contribution in [0.5, 0.6) is 0 Å². The molecule has 1 aliphatic carbocycles. The number of furan rings is 1. The first-order valence-electron chi connectivity index (χ1n) is 9.55. The second-order valence-corrected chi connectivity index (χ2v) is 7.71. The molecule has 0 radical (unpaired) electrons. The average Bonchev–Trinajstić information content (AvgIpc) is 3.44. The number of hydrogen-bond donors (Lipinski definition) is 0. The Labute approximate surface area is 172 Å². The summed E-state index contributed by atoms with van der Waals surface area (Å²) in [5, 5.41) is 0.410. The van der Waals surface area contributed by atoms with E-state index in [1.807, 2.05) is 12.1 Å². The van der Waals surface area contributed by atoms with Crippen LogP contribution >= 0.6 is 11.8 Å². The monoisotopic (exact) mass is 412 g/mol. The summed E-state index contributed by atoms with van der Waals surface area (Å²) in [4.78, 5) is 19.0. The van der Waals surface area contributed by atoms with E-state index in [0.717, 1.165) is 42.7 Å². The molecule has 150 valence electrons. The summed E-state index contributed by atoms with van der Waals surface area (Å²) >= 11 is 1.25. The van der Waals surface area contributed by atoms with E-state index in [0.29, 0.717) is 17.5 Å². The molecule has 0 N–H and O–H groups in total. The number of thioether (sulfide) groups is 1. The van der Waals surface area contributed by atoms with Gasteiger partial charge < -0.3 is 13.7 Å². The summed E-state index contributed by atoms with van der Waals surface area (Å²) < 4.78 is 24.2. The molecule has 7 heteroatoms. The summed E-state index contributed by atoms with van der Waals surface area (Å²) in [6.45, 7) is 0.421. The Bertz CT molecular complexity index is 980. The average molecular weight is 412 g/mol. The van der Waals surface area contributed by atoms with Crippen LogP contribution in [0, 0.1) is 5.82 Å². The number of oxazole rings is 1. The van der Waals surface area contributed by atoms with Crippen LogP contribution in [-0.4, -0.2) is 21.5 Å². The number of allylic oxidation sites excluding steroid dienone is 2. The van der Waals surface area contributed by atoms with E-state index in [1.54, 1.807) is 29.5 Å². The van der Waals surface area contributed by atoms with Crippen LogP contribution in [0.25, 0.3) is 11.3 Å². The van der Waals surface area contributed by atoms with Crippen molar-refractivity contribution in [2.24, 2.45) is 0 Å². The quantitative estimate of drug-likeness (QED) is 0.469. The molecule has 1 aliphatic rings. The van der Waals surface area contributed by atoms with Crippen LogP contribution in [0.1, 0.15) is 31.4 Å². The SMILES string of the molecule is O=C(CSc1ncc(-c2ccc(F)cc2)o1)N(Cc1ccco1)C1=CCCCC1. The number of carbonyl (C=O) groups is 1. The Morgan fingerprint density at radius 3 is 2.79 bits per heavy atom. The number of hydrogen-bond acceptors (Lipinski definition) is 5. The molecule has 1 amide bonds. The third-order valence-corrected chi connectivity index (χ3v) is 5.57. The van der Waals surface area contributed by atoms with E-state index in [4.69, 9.17) is 8.83 Å². The maximum absolute atomic E-state index is 13.1. The van der Waals surface area contributed by atoms with Gasteiger partial charge in [0, 0.05) is 11.3 Å². The predicted molar refractivity (Wildman–Crippen MR) is 108 cm³/mol. The largest absolute Gasteiger partial charge is 0.467 e. The van der Waals surface area contributed by atoms with Crippen LogP contribution in [0.4, 0.5) is 4.39 Å². The topological polar surface area (TPSA) is 59.5 Å². The normalized spacial score (nSPS) is 13.9. The highest BCUT2D eigenvalue weighted by Crippen LogP contribution is 2.28. The summed E-state index contributed by atoms with van der Waals surface area (Å²) in [6.07, 6.45) is 9.48. The standard InChI is InChI=1S/C22H21FN2O3S/c23-17-10-8-16(9-11-17)20-13-24-22(28-20)29-15-21(26)25(14-19-7-4-12-27-19)18-5-2-1-3-6-18/h4-5,7-13H,1-3,6,14-15H2. The fraction of sp³-hybridized carbons (Fsp3) is 0.273. The molecular formula is C22H21FN2O3S. The van der Waals surface area contributed by atoms with E-state index in [2.05, 4.69) is 11.1 Å². The highest BCUT2D eigenvalue weighted by atomic mass is 32.2. The van der Waals surface area contributed by atoms with Crippen LogP contribution in [0.3, 0.4) is 0 Å². The molecule has 2 aromatic heterocycles. The van der Waals surface area contributed by atoms with Gasteiger partial charge in [0.25, 0.3) is 5.22 Å². The molecule has 5 nitrogen and oxygen atoms in total. The molecule has 0 fully saturated rings. The van der Waals surface area contributed by atoms with Crippen molar-refractivity contribution in [1.29, 1.82) is 0 Å². The Morgan fingerprint density at radius 1 is 1.21 bits per heavy atom. The maximum atomic E-state index is 13.1. The van der Waals surface area contributed by atoms with Gasteiger partial charge in [-0.2, -0.15) is 0 Å². The molecule has 2 heterocycles. The molecule has 3 aromatic rings. The summed E-state index contributed by atoms with van der Waals surface area (Å²) in [5.74, 6) is 1.19. The minimum atomic E-state index is -0.304. The van der Waals surface area contributed by atoms with Gasteiger partial charge in [0.1, 0.15) is 11.6 Å². The molecular weight excluding hydrogens is 391 g/mol.